The van der Waals surface area contributed by atoms with Crippen LogP contribution >= 0.6 is 11.3 Å². The fourth-order valence-electron chi connectivity index (χ4n) is 3.53. The van der Waals surface area contributed by atoms with Crippen LogP contribution in [0.3, 0.4) is 0 Å². The van der Waals surface area contributed by atoms with E-state index in [4.69, 9.17) is 13.3 Å². The zero-order valence-corrected chi connectivity index (χ0v) is 21.7. The number of thiophene rings is 1. The lowest BCUT2D eigenvalue weighted by Gasteiger charge is -2.22. The van der Waals surface area contributed by atoms with E-state index in [0.29, 0.717) is 21.9 Å². The SMILES string of the molecule is COc1ccc(CN(Cc2ccco2)C(=O)c2cccs2)cc1OS(=O)(=O)c1ccc(NC(C)=O)cc1. The van der Waals surface area contributed by atoms with Gasteiger partial charge < -0.3 is 23.6 Å². The molecule has 2 heterocycles. The monoisotopic (exact) mass is 540 g/mol. The normalized spacial score (nSPS) is 11.1. The van der Waals surface area contributed by atoms with Crippen LogP contribution in [0.2, 0.25) is 0 Å². The number of carbonyl (C=O) groups is 2. The highest BCUT2D eigenvalue weighted by Gasteiger charge is 2.22. The molecular weight excluding hydrogens is 516 g/mol. The molecule has 37 heavy (non-hydrogen) atoms. The van der Waals surface area contributed by atoms with Crippen molar-refractivity contribution in [1.82, 2.24) is 4.90 Å². The predicted molar refractivity (Wildman–Crippen MR) is 138 cm³/mol. The number of hydrogen-bond acceptors (Lipinski definition) is 8. The molecule has 192 valence electrons. The molecule has 0 fully saturated rings. The Kier molecular flexibility index (Phi) is 7.95. The van der Waals surface area contributed by atoms with E-state index in [-0.39, 0.29) is 41.3 Å². The first-order valence-corrected chi connectivity index (χ1v) is 13.4. The first-order chi connectivity index (χ1) is 17.7. The Balaban J connectivity index is 1.59. The Labute approximate surface area is 218 Å². The molecule has 1 N–H and O–H groups in total. The number of furan rings is 1. The summed E-state index contributed by atoms with van der Waals surface area (Å²) in [7, 11) is -2.81. The number of methoxy groups -OCH3 is 1. The zero-order valence-electron chi connectivity index (χ0n) is 20.0. The van der Waals surface area contributed by atoms with Gasteiger partial charge in [0.15, 0.2) is 11.5 Å². The molecule has 4 aromatic rings. The lowest BCUT2D eigenvalue weighted by Crippen LogP contribution is -2.29. The van der Waals surface area contributed by atoms with Crippen LogP contribution in [0.15, 0.2) is 87.7 Å². The number of nitrogens with one attached hydrogen (secondary N) is 1. The highest BCUT2D eigenvalue weighted by molar-refractivity contribution is 7.87. The van der Waals surface area contributed by atoms with Gasteiger partial charge in [0.1, 0.15) is 10.7 Å². The summed E-state index contributed by atoms with van der Waals surface area (Å²) < 4.78 is 42.1. The van der Waals surface area contributed by atoms with Crippen molar-refractivity contribution in [3.63, 3.8) is 0 Å². The molecule has 0 spiro atoms. The zero-order chi connectivity index (χ0) is 26.4. The van der Waals surface area contributed by atoms with Gasteiger partial charge in [-0.1, -0.05) is 12.1 Å². The minimum absolute atomic E-state index is 0.0209. The summed E-state index contributed by atoms with van der Waals surface area (Å²) in [4.78, 5) is 26.5. The van der Waals surface area contributed by atoms with Gasteiger partial charge in [0.05, 0.1) is 24.8 Å². The van der Waals surface area contributed by atoms with Crippen LogP contribution in [-0.4, -0.2) is 32.2 Å². The minimum atomic E-state index is -4.22. The average molecular weight is 541 g/mol. The van der Waals surface area contributed by atoms with Crippen LogP contribution in [0.1, 0.15) is 27.9 Å². The molecule has 2 aromatic carbocycles. The van der Waals surface area contributed by atoms with Gasteiger partial charge in [0.2, 0.25) is 5.91 Å². The van der Waals surface area contributed by atoms with E-state index in [1.807, 2.05) is 5.38 Å². The van der Waals surface area contributed by atoms with Gasteiger partial charge in [0, 0.05) is 19.2 Å². The van der Waals surface area contributed by atoms with E-state index in [0.717, 1.165) is 0 Å². The number of carbonyl (C=O) groups excluding carboxylic acids is 2. The third-order valence-electron chi connectivity index (χ3n) is 5.21. The summed E-state index contributed by atoms with van der Waals surface area (Å²) in [5.41, 5.74) is 1.08. The molecule has 0 aliphatic carbocycles. The number of rotatable bonds is 10. The first-order valence-electron chi connectivity index (χ1n) is 11.1. The fraction of sp³-hybridized carbons (Fsp3) is 0.154. The number of hydrogen-bond donors (Lipinski definition) is 1. The molecule has 2 amide bonds. The highest BCUT2D eigenvalue weighted by atomic mass is 32.2. The van der Waals surface area contributed by atoms with Crippen molar-refractivity contribution in [1.29, 1.82) is 0 Å². The molecule has 0 unspecified atom stereocenters. The van der Waals surface area contributed by atoms with Crippen LogP contribution in [0.25, 0.3) is 0 Å². The summed E-state index contributed by atoms with van der Waals surface area (Å²) >= 11 is 1.33. The third-order valence-corrected chi connectivity index (χ3v) is 7.32. The summed E-state index contributed by atoms with van der Waals surface area (Å²) in [5, 5.41) is 4.40. The molecule has 11 heteroatoms. The Morgan fingerprint density at radius 2 is 1.78 bits per heavy atom. The Morgan fingerprint density at radius 1 is 1.00 bits per heavy atom. The number of benzene rings is 2. The van der Waals surface area contributed by atoms with Gasteiger partial charge in [-0.05, 0) is 65.5 Å². The van der Waals surface area contributed by atoms with E-state index in [9.17, 15) is 18.0 Å². The van der Waals surface area contributed by atoms with Crippen LogP contribution in [0.4, 0.5) is 5.69 Å². The van der Waals surface area contributed by atoms with Crippen LogP contribution in [0, 0.1) is 0 Å². The summed E-state index contributed by atoms with van der Waals surface area (Å²) in [5.74, 6) is 0.348. The number of amides is 2. The topological polar surface area (TPSA) is 115 Å². The smallest absolute Gasteiger partial charge is 0.339 e. The van der Waals surface area contributed by atoms with Crippen LogP contribution in [0.5, 0.6) is 11.5 Å². The van der Waals surface area contributed by atoms with Gasteiger partial charge >= 0.3 is 10.1 Å². The standard InChI is InChI=1S/C26H24N2O7S2/c1-18(29)27-20-8-10-22(11-9-20)37(31,32)35-24-15-19(7-12-23(24)33-2)16-28(17-21-5-3-13-34-21)26(30)25-6-4-14-36-25/h3-15H,16-17H2,1-2H3,(H,27,29). The largest absolute Gasteiger partial charge is 0.493 e. The lowest BCUT2D eigenvalue weighted by molar-refractivity contribution is -0.114. The second kappa shape index (κ2) is 11.3. The molecule has 0 aliphatic heterocycles. The highest BCUT2D eigenvalue weighted by Crippen LogP contribution is 2.32. The van der Waals surface area contributed by atoms with Gasteiger partial charge in [0.25, 0.3) is 5.91 Å². The molecule has 0 bridgehead atoms. The van der Waals surface area contributed by atoms with Crippen molar-refractivity contribution >= 4 is 39.0 Å². The molecule has 2 aromatic heterocycles. The lowest BCUT2D eigenvalue weighted by atomic mass is 10.1. The number of anilines is 1. The van der Waals surface area contributed by atoms with Crippen molar-refractivity contribution in [3.05, 3.63) is 94.6 Å². The van der Waals surface area contributed by atoms with E-state index in [1.165, 1.54) is 62.0 Å². The Morgan fingerprint density at radius 3 is 2.41 bits per heavy atom. The van der Waals surface area contributed by atoms with Gasteiger partial charge in [-0.3, -0.25) is 9.59 Å². The second-order valence-corrected chi connectivity index (χ2v) is 10.4. The molecular formula is C26H24N2O7S2. The van der Waals surface area contributed by atoms with E-state index in [2.05, 4.69) is 5.32 Å². The first kappa shape index (κ1) is 26.0. The minimum Gasteiger partial charge on any atom is -0.493 e. The predicted octanol–water partition coefficient (Wildman–Crippen LogP) is 4.92. The van der Waals surface area contributed by atoms with Crippen molar-refractivity contribution < 1.29 is 31.3 Å². The third kappa shape index (κ3) is 6.57. The molecule has 0 saturated carbocycles. The van der Waals surface area contributed by atoms with Crippen LogP contribution in [-0.2, 0) is 28.0 Å². The average Bonchev–Trinajstić information content (AvgIpc) is 3.58. The van der Waals surface area contributed by atoms with Gasteiger partial charge in [-0.25, -0.2) is 0 Å². The van der Waals surface area contributed by atoms with Crippen molar-refractivity contribution in [2.24, 2.45) is 0 Å². The van der Waals surface area contributed by atoms with Crippen LogP contribution < -0.4 is 14.2 Å². The summed E-state index contributed by atoms with van der Waals surface area (Å²) in [6.45, 7) is 1.75. The molecule has 4 rings (SSSR count). The Hall–Kier alpha value is -4.09. The molecule has 0 saturated heterocycles. The van der Waals surface area contributed by atoms with Gasteiger partial charge in [-0.15, -0.1) is 11.3 Å². The molecule has 0 atom stereocenters. The fourth-order valence-corrected chi connectivity index (χ4v) is 5.15. The van der Waals surface area contributed by atoms with Gasteiger partial charge in [-0.2, -0.15) is 8.42 Å². The quantitative estimate of drug-likeness (QED) is 0.284. The summed E-state index contributed by atoms with van der Waals surface area (Å²) in [6, 6.07) is 17.5. The Bertz CT molecular complexity index is 1460. The maximum atomic E-state index is 13.2. The molecule has 9 nitrogen and oxygen atoms in total. The van der Waals surface area contributed by atoms with E-state index < -0.39 is 10.1 Å². The number of nitrogens with zero attached hydrogens (tertiary/aromatic N) is 1. The van der Waals surface area contributed by atoms with Crippen molar-refractivity contribution in [2.45, 2.75) is 24.9 Å². The maximum Gasteiger partial charge on any atom is 0.339 e. The van der Waals surface area contributed by atoms with Crippen molar-refractivity contribution in [3.8, 4) is 11.5 Å². The number of ether oxygens (including phenoxy) is 1. The summed E-state index contributed by atoms with van der Waals surface area (Å²) in [6.07, 6.45) is 1.54. The molecule has 0 radical (unpaired) electrons. The second-order valence-electron chi connectivity index (χ2n) is 7.95. The van der Waals surface area contributed by atoms with E-state index >= 15 is 0 Å². The maximum absolute atomic E-state index is 13.2. The van der Waals surface area contributed by atoms with Crippen molar-refractivity contribution in [2.75, 3.05) is 12.4 Å². The van der Waals surface area contributed by atoms with E-state index in [1.54, 1.807) is 41.3 Å². The molecule has 0 aliphatic rings.